The second-order valence-corrected chi connectivity index (χ2v) is 4.58. The molecular weight excluding hydrogens is 268 g/mol. The molecule has 1 amide bonds. The number of amides is 1. The van der Waals surface area contributed by atoms with E-state index in [1.807, 2.05) is 30.3 Å². The third-order valence-electron chi connectivity index (χ3n) is 3.14. The summed E-state index contributed by atoms with van der Waals surface area (Å²) < 4.78 is 10.4. The van der Waals surface area contributed by atoms with Crippen LogP contribution in [0.4, 0.5) is 5.69 Å². The molecule has 0 saturated carbocycles. The van der Waals surface area contributed by atoms with Crippen molar-refractivity contribution < 1.29 is 13.9 Å². The maximum atomic E-state index is 12.1. The van der Waals surface area contributed by atoms with Crippen LogP contribution < -0.4 is 10.1 Å². The summed E-state index contributed by atoms with van der Waals surface area (Å²) in [6, 6.07) is 12.8. The van der Waals surface area contributed by atoms with E-state index in [1.54, 1.807) is 19.2 Å². The predicted octanol–water partition coefficient (Wildman–Crippen LogP) is 3.02. The van der Waals surface area contributed by atoms with Crippen LogP contribution in [0.15, 0.2) is 53.3 Å². The third kappa shape index (κ3) is 2.86. The number of nitrogens with zero attached hydrogens (tertiary/aromatic N) is 1. The van der Waals surface area contributed by atoms with Crippen molar-refractivity contribution in [2.24, 2.45) is 0 Å². The molecule has 0 spiro atoms. The van der Waals surface area contributed by atoms with E-state index in [0.29, 0.717) is 17.0 Å². The number of oxazole rings is 1. The fourth-order valence-corrected chi connectivity index (χ4v) is 2.14. The minimum absolute atomic E-state index is 0.113. The van der Waals surface area contributed by atoms with Crippen molar-refractivity contribution in [2.75, 3.05) is 12.4 Å². The Kier molecular flexibility index (Phi) is 3.55. The number of benzene rings is 2. The first kappa shape index (κ1) is 13.2. The van der Waals surface area contributed by atoms with E-state index in [1.165, 1.54) is 6.39 Å². The van der Waals surface area contributed by atoms with Crippen molar-refractivity contribution in [3.05, 3.63) is 54.4 Å². The molecule has 3 rings (SSSR count). The molecule has 106 valence electrons. The second kappa shape index (κ2) is 5.66. The highest BCUT2D eigenvalue weighted by molar-refractivity contribution is 5.94. The van der Waals surface area contributed by atoms with E-state index in [9.17, 15) is 4.79 Å². The highest BCUT2D eigenvalue weighted by Crippen LogP contribution is 2.23. The van der Waals surface area contributed by atoms with Gasteiger partial charge < -0.3 is 14.5 Å². The lowest BCUT2D eigenvalue weighted by Gasteiger charge is -2.09. The Balaban J connectivity index is 1.73. The number of ether oxygens (including phenoxy) is 1. The van der Waals surface area contributed by atoms with Gasteiger partial charge >= 0.3 is 0 Å². The first-order valence-electron chi connectivity index (χ1n) is 6.51. The molecule has 0 aliphatic heterocycles. The number of methoxy groups -OCH3 is 1. The molecule has 0 fully saturated rings. The zero-order valence-electron chi connectivity index (χ0n) is 11.5. The molecule has 0 saturated heterocycles. The summed E-state index contributed by atoms with van der Waals surface area (Å²) in [4.78, 5) is 16.2. The van der Waals surface area contributed by atoms with Crippen LogP contribution in [0.25, 0.3) is 11.1 Å². The maximum Gasteiger partial charge on any atom is 0.228 e. The summed E-state index contributed by atoms with van der Waals surface area (Å²) in [6.45, 7) is 0. The molecule has 5 nitrogen and oxygen atoms in total. The lowest BCUT2D eigenvalue weighted by Crippen LogP contribution is -2.14. The molecular formula is C16H14N2O3. The monoisotopic (exact) mass is 282 g/mol. The summed E-state index contributed by atoms with van der Waals surface area (Å²) in [5.41, 5.74) is 2.99. The van der Waals surface area contributed by atoms with Crippen LogP contribution in [0.5, 0.6) is 5.75 Å². The predicted molar refractivity (Wildman–Crippen MR) is 79.3 cm³/mol. The van der Waals surface area contributed by atoms with E-state index in [4.69, 9.17) is 9.15 Å². The third-order valence-corrected chi connectivity index (χ3v) is 3.14. The Labute approximate surface area is 121 Å². The number of anilines is 1. The number of aromatic nitrogens is 1. The van der Waals surface area contributed by atoms with E-state index >= 15 is 0 Å². The van der Waals surface area contributed by atoms with Crippen molar-refractivity contribution in [1.82, 2.24) is 4.98 Å². The fraction of sp³-hybridized carbons (Fsp3) is 0.125. The Bertz CT molecular complexity index is 780. The molecule has 1 aromatic heterocycles. The minimum atomic E-state index is -0.113. The number of hydrogen-bond donors (Lipinski definition) is 1. The topological polar surface area (TPSA) is 64.4 Å². The van der Waals surface area contributed by atoms with Gasteiger partial charge in [0.25, 0.3) is 0 Å². The van der Waals surface area contributed by atoms with Gasteiger partial charge in [0.05, 0.1) is 19.2 Å². The summed E-state index contributed by atoms with van der Waals surface area (Å²) >= 11 is 0. The van der Waals surface area contributed by atoms with Crippen molar-refractivity contribution >= 4 is 22.7 Å². The number of fused-ring (bicyclic) bond motifs is 1. The zero-order valence-corrected chi connectivity index (χ0v) is 11.5. The second-order valence-electron chi connectivity index (χ2n) is 4.58. The van der Waals surface area contributed by atoms with Gasteiger partial charge in [0, 0.05) is 0 Å². The molecule has 2 aromatic carbocycles. The molecule has 0 radical (unpaired) electrons. The normalized spacial score (nSPS) is 10.5. The summed E-state index contributed by atoms with van der Waals surface area (Å²) in [6.07, 6.45) is 1.65. The summed E-state index contributed by atoms with van der Waals surface area (Å²) in [5.74, 6) is 0.523. The lowest BCUT2D eigenvalue weighted by atomic mass is 10.1. The number of rotatable bonds is 4. The molecule has 0 aliphatic rings. The average molecular weight is 282 g/mol. The number of carbonyl (C=O) groups is 1. The average Bonchev–Trinajstić information content (AvgIpc) is 2.95. The standard InChI is InChI=1S/C16H14N2O3/c1-20-14-5-3-2-4-13(14)18-16(19)9-11-6-7-12-15(8-11)21-10-17-12/h2-8,10H,9H2,1H3,(H,18,19). The first-order chi connectivity index (χ1) is 10.3. The van der Waals surface area contributed by atoms with Gasteiger partial charge in [-0.2, -0.15) is 0 Å². The van der Waals surface area contributed by atoms with Gasteiger partial charge in [-0.25, -0.2) is 4.98 Å². The maximum absolute atomic E-state index is 12.1. The van der Waals surface area contributed by atoms with Gasteiger partial charge in [-0.15, -0.1) is 0 Å². The number of carbonyl (C=O) groups excluding carboxylic acids is 1. The van der Waals surface area contributed by atoms with E-state index in [0.717, 1.165) is 11.1 Å². The van der Waals surface area contributed by atoms with Crippen LogP contribution in [0, 0.1) is 0 Å². The Hall–Kier alpha value is -2.82. The van der Waals surface area contributed by atoms with Crippen LogP contribution in [-0.4, -0.2) is 18.0 Å². The molecule has 1 heterocycles. The van der Waals surface area contributed by atoms with Crippen LogP contribution in [0.2, 0.25) is 0 Å². The van der Waals surface area contributed by atoms with Crippen LogP contribution in [0.3, 0.4) is 0 Å². The number of para-hydroxylation sites is 2. The quantitative estimate of drug-likeness (QED) is 0.799. The molecule has 21 heavy (non-hydrogen) atoms. The minimum Gasteiger partial charge on any atom is -0.495 e. The van der Waals surface area contributed by atoms with Gasteiger partial charge in [-0.3, -0.25) is 4.79 Å². The van der Waals surface area contributed by atoms with Crippen molar-refractivity contribution in [1.29, 1.82) is 0 Å². The Morgan fingerprint density at radius 1 is 1.29 bits per heavy atom. The van der Waals surface area contributed by atoms with E-state index in [-0.39, 0.29) is 12.3 Å². The fourth-order valence-electron chi connectivity index (χ4n) is 2.14. The van der Waals surface area contributed by atoms with Crippen molar-refractivity contribution in [3.63, 3.8) is 0 Å². The SMILES string of the molecule is COc1ccccc1NC(=O)Cc1ccc2ncoc2c1. The molecule has 3 aromatic rings. The Morgan fingerprint density at radius 2 is 2.14 bits per heavy atom. The molecule has 0 aliphatic carbocycles. The van der Waals surface area contributed by atoms with Crippen LogP contribution >= 0.6 is 0 Å². The highest BCUT2D eigenvalue weighted by atomic mass is 16.5. The molecule has 0 atom stereocenters. The largest absolute Gasteiger partial charge is 0.495 e. The van der Waals surface area contributed by atoms with E-state index < -0.39 is 0 Å². The van der Waals surface area contributed by atoms with E-state index in [2.05, 4.69) is 10.3 Å². The smallest absolute Gasteiger partial charge is 0.228 e. The summed E-state index contributed by atoms with van der Waals surface area (Å²) in [5, 5.41) is 2.84. The van der Waals surface area contributed by atoms with Gasteiger partial charge in [0.2, 0.25) is 5.91 Å². The first-order valence-corrected chi connectivity index (χ1v) is 6.51. The zero-order chi connectivity index (χ0) is 14.7. The van der Waals surface area contributed by atoms with Crippen molar-refractivity contribution in [2.45, 2.75) is 6.42 Å². The van der Waals surface area contributed by atoms with Gasteiger partial charge in [0.1, 0.15) is 11.3 Å². The van der Waals surface area contributed by atoms with Gasteiger partial charge in [-0.1, -0.05) is 18.2 Å². The molecule has 0 bridgehead atoms. The number of hydrogen-bond acceptors (Lipinski definition) is 4. The molecule has 1 N–H and O–H groups in total. The van der Waals surface area contributed by atoms with Crippen LogP contribution in [-0.2, 0) is 11.2 Å². The molecule has 5 heteroatoms. The summed E-state index contributed by atoms with van der Waals surface area (Å²) in [7, 11) is 1.57. The van der Waals surface area contributed by atoms with Gasteiger partial charge in [0.15, 0.2) is 12.0 Å². The van der Waals surface area contributed by atoms with Crippen molar-refractivity contribution in [3.8, 4) is 5.75 Å². The van der Waals surface area contributed by atoms with Crippen LogP contribution in [0.1, 0.15) is 5.56 Å². The lowest BCUT2D eigenvalue weighted by molar-refractivity contribution is -0.115. The number of nitrogens with one attached hydrogen (secondary N) is 1. The highest BCUT2D eigenvalue weighted by Gasteiger charge is 2.09. The molecule has 0 unspecified atom stereocenters. The van der Waals surface area contributed by atoms with Gasteiger partial charge in [-0.05, 0) is 29.8 Å². The Morgan fingerprint density at radius 3 is 3.00 bits per heavy atom.